The number of esters is 2. The lowest BCUT2D eigenvalue weighted by Crippen LogP contribution is -2.17. The van der Waals surface area contributed by atoms with Crippen molar-refractivity contribution < 1.29 is 23.9 Å². The first-order valence-corrected chi connectivity index (χ1v) is 9.65. The van der Waals surface area contributed by atoms with Gasteiger partial charge >= 0.3 is 11.9 Å². The molecule has 6 nitrogen and oxygen atoms in total. The highest BCUT2D eigenvalue weighted by atomic mass is 32.2. The Hall–Kier alpha value is -1.54. The van der Waals surface area contributed by atoms with Gasteiger partial charge in [-0.05, 0) is 25.8 Å². The fourth-order valence-corrected chi connectivity index (χ4v) is 3.96. The molecule has 0 unspecified atom stereocenters. The van der Waals surface area contributed by atoms with Crippen molar-refractivity contribution in [2.45, 2.75) is 33.6 Å². The third-order valence-corrected chi connectivity index (χ3v) is 5.23. The molecule has 0 fully saturated rings. The fourth-order valence-electron chi connectivity index (χ4n) is 2.10. The van der Waals surface area contributed by atoms with Crippen molar-refractivity contribution in [1.29, 1.82) is 0 Å². The molecule has 1 aromatic heterocycles. The topological polar surface area (TPSA) is 81.7 Å². The molecule has 0 saturated carbocycles. The number of aryl methyl sites for hydroxylation is 1. The van der Waals surface area contributed by atoms with Gasteiger partial charge in [-0.3, -0.25) is 9.59 Å². The van der Waals surface area contributed by atoms with Gasteiger partial charge in [-0.15, -0.1) is 11.3 Å². The number of hydrogen-bond acceptors (Lipinski definition) is 7. The van der Waals surface area contributed by atoms with Gasteiger partial charge in [-0.2, -0.15) is 11.8 Å². The number of nitrogens with one attached hydrogen (secondary N) is 1. The van der Waals surface area contributed by atoms with E-state index in [0.29, 0.717) is 22.7 Å². The van der Waals surface area contributed by atoms with E-state index < -0.39 is 5.97 Å². The van der Waals surface area contributed by atoms with E-state index in [1.807, 2.05) is 13.8 Å². The predicted molar refractivity (Wildman–Crippen MR) is 97.0 cm³/mol. The van der Waals surface area contributed by atoms with Crippen molar-refractivity contribution in [3.63, 3.8) is 0 Å². The normalized spacial score (nSPS) is 10.3. The molecule has 0 aliphatic rings. The van der Waals surface area contributed by atoms with Gasteiger partial charge in [0.05, 0.1) is 31.5 Å². The summed E-state index contributed by atoms with van der Waals surface area (Å²) in [5, 5.41) is 3.32. The van der Waals surface area contributed by atoms with Crippen LogP contribution in [-0.4, -0.2) is 43.1 Å². The highest BCUT2D eigenvalue weighted by molar-refractivity contribution is 7.99. The van der Waals surface area contributed by atoms with Gasteiger partial charge in [0.2, 0.25) is 5.91 Å². The molecule has 134 valence electrons. The first-order valence-electron chi connectivity index (χ1n) is 7.68. The number of thioether (sulfide) groups is 1. The van der Waals surface area contributed by atoms with Crippen LogP contribution in [0, 0.1) is 6.92 Å². The lowest BCUT2D eigenvalue weighted by Gasteiger charge is -2.08. The summed E-state index contributed by atoms with van der Waals surface area (Å²) in [4.78, 5) is 36.3. The van der Waals surface area contributed by atoms with Gasteiger partial charge in [0.25, 0.3) is 0 Å². The summed E-state index contributed by atoms with van der Waals surface area (Å²) in [6.45, 7) is 5.92. The quantitative estimate of drug-likeness (QED) is 0.529. The molecule has 0 aromatic carbocycles. The maximum absolute atomic E-state index is 12.2. The molecule has 0 radical (unpaired) electrons. The Bertz CT molecular complexity index is 598. The fraction of sp³-hybridized carbons (Fsp3) is 0.562. The van der Waals surface area contributed by atoms with Gasteiger partial charge in [0.15, 0.2) is 0 Å². The second-order valence-corrected chi connectivity index (χ2v) is 7.17. The van der Waals surface area contributed by atoms with E-state index in [4.69, 9.17) is 4.74 Å². The molecule has 0 aliphatic carbocycles. The van der Waals surface area contributed by atoms with E-state index in [1.165, 1.54) is 30.2 Å². The van der Waals surface area contributed by atoms with Crippen LogP contribution in [0.5, 0.6) is 0 Å². The van der Waals surface area contributed by atoms with Crippen LogP contribution in [0.2, 0.25) is 0 Å². The van der Waals surface area contributed by atoms with Crippen LogP contribution in [-0.2, 0) is 25.5 Å². The van der Waals surface area contributed by atoms with Crippen LogP contribution in [0.25, 0.3) is 0 Å². The summed E-state index contributed by atoms with van der Waals surface area (Å²) in [7, 11) is 1.33. The monoisotopic (exact) mass is 373 g/mol. The molecular formula is C16H23NO5S2. The molecule has 1 amide bonds. The summed E-state index contributed by atoms with van der Waals surface area (Å²) in [6, 6.07) is 0. The van der Waals surface area contributed by atoms with Crippen LogP contribution in [0.4, 0.5) is 5.00 Å². The van der Waals surface area contributed by atoms with Crippen LogP contribution in [0.1, 0.15) is 41.1 Å². The molecule has 1 rings (SSSR count). The second kappa shape index (κ2) is 10.4. The number of carbonyl (C=O) groups excluding carboxylic acids is 3. The largest absolute Gasteiger partial charge is 0.469 e. The van der Waals surface area contributed by atoms with E-state index >= 15 is 0 Å². The zero-order valence-electron chi connectivity index (χ0n) is 14.4. The Labute approximate surface area is 150 Å². The molecule has 0 bridgehead atoms. The second-order valence-electron chi connectivity index (χ2n) is 4.84. The van der Waals surface area contributed by atoms with Crippen LogP contribution in [0.3, 0.4) is 0 Å². The molecule has 0 spiro atoms. The summed E-state index contributed by atoms with van der Waals surface area (Å²) in [5.41, 5.74) is 1.36. The predicted octanol–water partition coefficient (Wildman–Crippen LogP) is 3.03. The van der Waals surface area contributed by atoms with Gasteiger partial charge in [0.1, 0.15) is 5.00 Å². The number of ether oxygens (including phenoxy) is 2. The number of methoxy groups -OCH3 is 1. The Balaban J connectivity index is 2.71. The summed E-state index contributed by atoms with van der Waals surface area (Å²) in [6.07, 6.45) is 0.959. The molecule has 0 aliphatic heterocycles. The van der Waals surface area contributed by atoms with E-state index in [2.05, 4.69) is 10.1 Å². The Morgan fingerprint density at radius 3 is 2.54 bits per heavy atom. The average molecular weight is 373 g/mol. The van der Waals surface area contributed by atoms with Crippen molar-refractivity contribution in [2.24, 2.45) is 0 Å². The summed E-state index contributed by atoms with van der Waals surface area (Å²) >= 11 is 2.72. The van der Waals surface area contributed by atoms with Gasteiger partial charge in [-0.1, -0.05) is 6.92 Å². The smallest absolute Gasteiger partial charge is 0.341 e. The van der Waals surface area contributed by atoms with Crippen LogP contribution < -0.4 is 5.32 Å². The summed E-state index contributed by atoms with van der Waals surface area (Å²) < 4.78 is 9.65. The SMILES string of the molecule is CCOC(=O)c1c(NC(=O)CSCCC(=O)OC)sc(C)c1CC. The average Bonchev–Trinajstić information content (AvgIpc) is 2.86. The number of rotatable bonds is 9. The highest BCUT2D eigenvalue weighted by Gasteiger charge is 2.23. The van der Waals surface area contributed by atoms with Crippen molar-refractivity contribution in [3.8, 4) is 0 Å². The number of anilines is 1. The maximum Gasteiger partial charge on any atom is 0.341 e. The van der Waals surface area contributed by atoms with Crippen LogP contribution in [0.15, 0.2) is 0 Å². The molecule has 8 heteroatoms. The molecule has 1 aromatic rings. The van der Waals surface area contributed by atoms with E-state index in [0.717, 1.165) is 10.4 Å². The molecule has 0 atom stereocenters. The lowest BCUT2D eigenvalue weighted by atomic mass is 10.1. The minimum atomic E-state index is -0.410. The van der Waals surface area contributed by atoms with E-state index in [9.17, 15) is 14.4 Å². The minimum absolute atomic E-state index is 0.206. The Morgan fingerprint density at radius 2 is 1.96 bits per heavy atom. The third kappa shape index (κ3) is 5.83. The molecule has 1 N–H and O–H groups in total. The number of hydrogen-bond donors (Lipinski definition) is 1. The van der Waals surface area contributed by atoms with E-state index in [1.54, 1.807) is 6.92 Å². The van der Waals surface area contributed by atoms with Crippen LogP contribution >= 0.6 is 23.1 Å². The van der Waals surface area contributed by atoms with Crippen molar-refractivity contribution in [3.05, 3.63) is 16.0 Å². The number of thiophene rings is 1. The molecular weight excluding hydrogens is 350 g/mol. The standard InChI is InChI=1S/C16H23NO5S2/c1-5-11-10(3)24-15(14(11)16(20)22-6-2)17-12(18)9-23-8-7-13(19)21-4/h5-9H2,1-4H3,(H,17,18). The molecule has 1 heterocycles. The summed E-state index contributed by atoms with van der Waals surface area (Å²) in [5.74, 6) is -0.202. The minimum Gasteiger partial charge on any atom is -0.469 e. The molecule has 0 saturated heterocycles. The first kappa shape index (κ1) is 20.5. The molecule has 24 heavy (non-hydrogen) atoms. The highest BCUT2D eigenvalue weighted by Crippen LogP contribution is 2.34. The first-order chi connectivity index (χ1) is 11.4. The van der Waals surface area contributed by atoms with Crippen molar-refractivity contribution >= 4 is 45.9 Å². The lowest BCUT2D eigenvalue weighted by molar-refractivity contribution is -0.140. The van der Waals surface area contributed by atoms with Gasteiger partial charge < -0.3 is 14.8 Å². The maximum atomic E-state index is 12.2. The van der Waals surface area contributed by atoms with E-state index in [-0.39, 0.29) is 30.7 Å². The van der Waals surface area contributed by atoms with Crippen molar-refractivity contribution in [1.82, 2.24) is 0 Å². The van der Waals surface area contributed by atoms with Gasteiger partial charge in [0, 0.05) is 10.6 Å². The zero-order valence-corrected chi connectivity index (χ0v) is 16.0. The Kier molecular flexibility index (Phi) is 8.84. The van der Waals surface area contributed by atoms with Crippen molar-refractivity contribution in [2.75, 3.05) is 30.5 Å². The Morgan fingerprint density at radius 1 is 1.25 bits per heavy atom. The van der Waals surface area contributed by atoms with Gasteiger partial charge in [-0.25, -0.2) is 4.79 Å². The zero-order chi connectivity index (χ0) is 18.1. The third-order valence-electron chi connectivity index (χ3n) is 3.21. The number of amides is 1. The number of carbonyl (C=O) groups is 3.